The molecule has 0 radical (unpaired) electrons. The van der Waals surface area contributed by atoms with Crippen molar-refractivity contribution in [2.45, 2.75) is 83.2 Å². The van der Waals surface area contributed by atoms with Crippen molar-refractivity contribution in [3.8, 4) is 0 Å². The molecule has 4 nitrogen and oxygen atoms in total. The summed E-state index contributed by atoms with van der Waals surface area (Å²) in [5.74, 6) is 0. The quantitative estimate of drug-likeness (QED) is 0.794. The fourth-order valence-corrected chi connectivity index (χ4v) is 4.59. The number of piperazine rings is 2. The van der Waals surface area contributed by atoms with Crippen molar-refractivity contribution in [2.24, 2.45) is 0 Å². The Balaban J connectivity index is 0.000000131. The molecule has 0 aromatic carbocycles. The first-order valence-electron chi connectivity index (χ1n) is 9.21. The number of likely N-dealkylation sites (tertiary alicyclic amines) is 2. The highest BCUT2D eigenvalue weighted by molar-refractivity contribution is 5.00. The minimum absolute atomic E-state index is 0.374. The second-order valence-electron chi connectivity index (χ2n) is 9.15. The molecule has 5 aliphatic heterocycles. The van der Waals surface area contributed by atoms with Crippen molar-refractivity contribution in [3.05, 3.63) is 0 Å². The zero-order valence-corrected chi connectivity index (χ0v) is 15.5. The average molecular weight is 309 g/mol. The van der Waals surface area contributed by atoms with E-state index in [-0.39, 0.29) is 0 Å². The van der Waals surface area contributed by atoms with Gasteiger partial charge in [-0.1, -0.05) is 0 Å². The zero-order chi connectivity index (χ0) is 16.1. The summed E-state index contributed by atoms with van der Waals surface area (Å²) in [6, 6.07) is 4.08. The van der Waals surface area contributed by atoms with Gasteiger partial charge >= 0.3 is 0 Å². The average Bonchev–Trinajstić information content (AvgIpc) is 2.96. The number of nitrogens with zero attached hydrogens (tertiary/aromatic N) is 3. The first kappa shape index (κ1) is 16.7. The van der Waals surface area contributed by atoms with Crippen LogP contribution >= 0.6 is 0 Å². The van der Waals surface area contributed by atoms with Gasteiger partial charge in [0, 0.05) is 61.9 Å². The maximum Gasteiger partial charge on any atom is 0.0241 e. The summed E-state index contributed by atoms with van der Waals surface area (Å²) >= 11 is 0. The predicted molar refractivity (Wildman–Crippen MR) is 93.3 cm³/mol. The molecule has 0 aliphatic carbocycles. The van der Waals surface area contributed by atoms with Gasteiger partial charge in [-0.15, -0.1) is 0 Å². The number of nitrogens with one attached hydrogen (secondary N) is 1. The van der Waals surface area contributed by atoms with Gasteiger partial charge in [-0.25, -0.2) is 0 Å². The van der Waals surface area contributed by atoms with E-state index >= 15 is 0 Å². The lowest BCUT2D eigenvalue weighted by atomic mass is 9.88. The molecule has 0 amide bonds. The maximum absolute atomic E-state index is 3.54. The van der Waals surface area contributed by atoms with Gasteiger partial charge in [0.25, 0.3) is 0 Å². The fourth-order valence-electron chi connectivity index (χ4n) is 4.59. The first-order chi connectivity index (χ1) is 10.2. The summed E-state index contributed by atoms with van der Waals surface area (Å²) in [7, 11) is 2.25. The highest BCUT2D eigenvalue weighted by Gasteiger charge is 2.42. The van der Waals surface area contributed by atoms with Gasteiger partial charge in [-0.2, -0.15) is 0 Å². The predicted octanol–water partition coefficient (Wildman–Crippen LogP) is 1.61. The Bertz CT molecular complexity index is 371. The molecule has 0 spiro atoms. The van der Waals surface area contributed by atoms with Crippen molar-refractivity contribution in [2.75, 3.05) is 33.2 Å². The third-order valence-corrected chi connectivity index (χ3v) is 6.09. The Hall–Kier alpha value is -0.160. The number of hydrogen-bond acceptors (Lipinski definition) is 4. The summed E-state index contributed by atoms with van der Waals surface area (Å²) in [6.45, 7) is 16.6. The third kappa shape index (κ3) is 3.35. The summed E-state index contributed by atoms with van der Waals surface area (Å²) in [4.78, 5) is 7.73. The molecule has 22 heavy (non-hydrogen) atoms. The molecule has 5 saturated heterocycles. The summed E-state index contributed by atoms with van der Waals surface area (Å²) in [5.41, 5.74) is 0.374. The number of rotatable bonds is 1. The van der Waals surface area contributed by atoms with Crippen molar-refractivity contribution in [1.29, 1.82) is 0 Å². The van der Waals surface area contributed by atoms with Crippen LogP contribution < -0.4 is 5.32 Å². The molecule has 5 heterocycles. The van der Waals surface area contributed by atoms with E-state index in [1.54, 1.807) is 0 Å². The van der Waals surface area contributed by atoms with E-state index in [1.807, 2.05) is 0 Å². The highest BCUT2D eigenvalue weighted by atomic mass is 15.3. The molecule has 5 fully saturated rings. The molecule has 0 saturated carbocycles. The zero-order valence-electron chi connectivity index (χ0n) is 15.5. The van der Waals surface area contributed by atoms with Gasteiger partial charge in [-0.05, 0) is 54.5 Å². The molecule has 4 bridgehead atoms. The molecule has 5 aliphatic rings. The van der Waals surface area contributed by atoms with E-state index in [4.69, 9.17) is 0 Å². The number of likely N-dealkylation sites (N-methyl/N-ethyl adjacent to an activating group) is 1. The number of piperidine rings is 1. The van der Waals surface area contributed by atoms with Crippen LogP contribution in [0.25, 0.3) is 0 Å². The minimum atomic E-state index is 0.374. The smallest absolute Gasteiger partial charge is 0.0241 e. The SMILES string of the molecule is CC(C)(C)N1CC2CC(C1)N2.CC(C)N1CC2CC1CN2C. The van der Waals surface area contributed by atoms with Crippen molar-refractivity contribution in [1.82, 2.24) is 20.0 Å². The highest BCUT2D eigenvalue weighted by Crippen LogP contribution is 2.30. The van der Waals surface area contributed by atoms with E-state index in [9.17, 15) is 0 Å². The van der Waals surface area contributed by atoms with Crippen LogP contribution in [-0.4, -0.2) is 83.7 Å². The van der Waals surface area contributed by atoms with Gasteiger partial charge in [0.05, 0.1) is 0 Å². The third-order valence-electron chi connectivity index (χ3n) is 6.09. The largest absolute Gasteiger partial charge is 0.309 e. The lowest BCUT2D eigenvalue weighted by Gasteiger charge is -2.52. The van der Waals surface area contributed by atoms with Gasteiger partial charge < -0.3 is 10.2 Å². The summed E-state index contributed by atoms with van der Waals surface area (Å²) < 4.78 is 0. The van der Waals surface area contributed by atoms with Crippen LogP contribution in [0.4, 0.5) is 0 Å². The van der Waals surface area contributed by atoms with Gasteiger partial charge in [0.1, 0.15) is 0 Å². The molecule has 0 aromatic heterocycles. The lowest BCUT2D eigenvalue weighted by molar-refractivity contribution is 0.0167. The van der Waals surface area contributed by atoms with E-state index in [1.165, 1.54) is 39.0 Å². The van der Waals surface area contributed by atoms with Crippen molar-refractivity contribution >= 4 is 0 Å². The van der Waals surface area contributed by atoms with Crippen LogP contribution in [-0.2, 0) is 0 Å². The fraction of sp³-hybridized carbons (Fsp3) is 1.00. The minimum Gasteiger partial charge on any atom is -0.309 e. The van der Waals surface area contributed by atoms with E-state index < -0.39 is 0 Å². The van der Waals surface area contributed by atoms with Crippen molar-refractivity contribution < 1.29 is 0 Å². The summed E-state index contributed by atoms with van der Waals surface area (Å²) in [5, 5.41) is 3.54. The van der Waals surface area contributed by atoms with Gasteiger partial charge in [-0.3, -0.25) is 9.80 Å². The topological polar surface area (TPSA) is 21.8 Å². The van der Waals surface area contributed by atoms with E-state index in [2.05, 4.69) is 61.7 Å². The van der Waals surface area contributed by atoms with E-state index in [0.29, 0.717) is 5.54 Å². The van der Waals surface area contributed by atoms with Crippen LogP contribution in [0, 0.1) is 0 Å². The van der Waals surface area contributed by atoms with Crippen LogP contribution in [0.15, 0.2) is 0 Å². The molecule has 4 atom stereocenters. The van der Waals surface area contributed by atoms with Crippen LogP contribution in [0.2, 0.25) is 0 Å². The monoisotopic (exact) mass is 308 g/mol. The normalized spacial score (nSPS) is 38.9. The molecule has 5 rings (SSSR count). The van der Waals surface area contributed by atoms with Gasteiger partial charge in [0.2, 0.25) is 0 Å². The molecule has 0 aromatic rings. The summed E-state index contributed by atoms with van der Waals surface area (Å²) in [6.07, 6.45) is 2.82. The second kappa shape index (κ2) is 6.04. The Morgan fingerprint density at radius 3 is 1.82 bits per heavy atom. The molecule has 4 unspecified atom stereocenters. The van der Waals surface area contributed by atoms with Crippen molar-refractivity contribution in [3.63, 3.8) is 0 Å². The number of fused-ring (bicyclic) bond motifs is 4. The molecular weight excluding hydrogens is 272 g/mol. The second-order valence-corrected chi connectivity index (χ2v) is 9.15. The molecular formula is C18H36N4. The molecule has 4 heteroatoms. The lowest BCUT2D eigenvalue weighted by Crippen LogP contribution is -2.69. The van der Waals surface area contributed by atoms with E-state index in [0.717, 1.165) is 30.2 Å². The van der Waals surface area contributed by atoms with Crippen LogP contribution in [0.3, 0.4) is 0 Å². The Morgan fingerprint density at radius 2 is 1.50 bits per heavy atom. The van der Waals surface area contributed by atoms with Gasteiger partial charge in [0.15, 0.2) is 0 Å². The molecule has 128 valence electrons. The Kier molecular flexibility index (Phi) is 4.59. The number of hydrogen-bond donors (Lipinski definition) is 1. The molecule has 1 N–H and O–H groups in total. The Labute approximate surface area is 137 Å². The van der Waals surface area contributed by atoms with Crippen LogP contribution in [0.1, 0.15) is 47.5 Å². The Morgan fingerprint density at radius 1 is 0.909 bits per heavy atom. The van der Waals surface area contributed by atoms with Crippen LogP contribution in [0.5, 0.6) is 0 Å². The standard InChI is InChI=1S/2C9H18N2/c1-9(2,3)11-5-7-4-8(6-11)10-7;1-7(2)11-6-8-4-9(11)5-10(8)3/h7-8,10H,4-6H2,1-3H3;7-9H,4-6H2,1-3H3. The first-order valence-corrected chi connectivity index (χ1v) is 9.21. The maximum atomic E-state index is 3.54.